The molecule has 1 fully saturated rings. The van der Waals surface area contributed by atoms with Crippen molar-refractivity contribution in [3.05, 3.63) is 83.1 Å². The second-order valence-electron chi connectivity index (χ2n) is 11.1. The molecule has 1 aromatic heterocycles. The number of furan rings is 1. The SMILES string of the molecule is CCC=C(C=CCCCCN)c1ccc2oc(C3(CN4Cc5ccc(OC)cc5C4=O)CCCC(=O)NC3=O)cc2c1. The van der Waals surface area contributed by atoms with E-state index in [4.69, 9.17) is 14.9 Å². The molecule has 0 bridgehead atoms. The number of hydrogen-bond donors (Lipinski definition) is 2. The summed E-state index contributed by atoms with van der Waals surface area (Å²) in [6.07, 6.45) is 11.6. The molecule has 2 aliphatic heterocycles. The lowest BCUT2D eigenvalue weighted by Crippen LogP contribution is -2.51. The summed E-state index contributed by atoms with van der Waals surface area (Å²) in [6.45, 7) is 3.28. The van der Waals surface area contributed by atoms with Crippen LogP contribution in [0.3, 0.4) is 0 Å². The van der Waals surface area contributed by atoms with Gasteiger partial charge in [-0.2, -0.15) is 0 Å². The maximum atomic E-state index is 13.8. The van der Waals surface area contributed by atoms with Crippen molar-refractivity contribution in [2.75, 3.05) is 20.2 Å². The van der Waals surface area contributed by atoms with Gasteiger partial charge in [-0.05, 0) is 92.1 Å². The van der Waals surface area contributed by atoms with Gasteiger partial charge in [0.15, 0.2) is 0 Å². The van der Waals surface area contributed by atoms with Crippen LogP contribution in [-0.2, 0) is 21.5 Å². The average Bonchev–Trinajstić information content (AvgIpc) is 3.51. The molecule has 3 amide bonds. The van der Waals surface area contributed by atoms with Crippen LogP contribution in [0.1, 0.15) is 79.1 Å². The summed E-state index contributed by atoms with van der Waals surface area (Å²) in [5, 5.41) is 3.43. The predicted molar refractivity (Wildman–Crippen MR) is 163 cm³/mol. The summed E-state index contributed by atoms with van der Waals surface area (Å²) in [6, 6.07) is 13.4. The molecule has 0 aliphatic carbocycles. The van der Waals surface area contributed by atoms with Gasteiger partial charge >= 0.3 is 0 Å². The third-order valence-corrected chi connectivity index (χ3v) is 8.22. The molecule has 0 spiro atoms. The highest BCUT2D eigenvalue weighted by Crippen LogP contribution is 2.39. The number of unbranched alkanes of at least 4 members (excludes halogenated alkanes) is 2. The summed E-state index contributed by atoms with van der Waals surface area (Å²) in [4.78, 5) is 41.3. The van der Waals surface area contributed by atoms with Gasteiger partial charge in [0.1, 0.15) is 22.5 Å². The lowest BCUT2D eigenvalue weighted by atomic mass is 9.79. The van der Waals surface area contributed by atoms with Crippen LogP contribution < -0.4 is 15.8 Å². The van der Waals surface area contributed by atoms with Crippen molar-refractivity contribution in [2.24, 2.45) is 5.73 Å². The van der Waals surface area contributed by atoms with E-state index in [0.29, 0.717) is 48.6 Å². The number of carbonyl (C=O) groups excluding carboxylic acids is 3. The topological polar surface area (TPSA) is 115 Å². The Labute approximate surface area is 246 Å². The Balaban J connectivity index is 1.49. The van der Waals surface area contributed by atoms with E-state index in [9.17, 15) is 14.4 Å². The zero-order valence-electron chi connectivity index (χ0n) is 24.4. The van der Waals surface area contributed by atoms with E-state index in [1.807, 2.05) is 30.3 Å². The number of allylic oxidation sites excluding steroid dienone is 4. The number of hydrogen-bond acceptors (Lipinski definition) is 6. The first kappa shape index (κ1) is 29.3. The van der Waals surface area contributed by atoms with E-state index in [0.717, 1.165) is 47.8 Å². The second kappa shape index (κ2) is 12.8. The van der Waals surface area contributed by atoms with Crippen molar-refractivity contribution in [3.8, 4) is 5.75 Å². The van der Waals surface area contributed by atoms with E-state index in [2.05, 4.69) is 36.5 Å². The molecule has 8 heteroatoms. The van der Waals surface area contributed by atoms with E-state index >= 15 is 0 Å². The van der Waals surface area contributed by atoms with Gasteiger partial charge in [0, 0.05) is 30.5 Å². The van der Waals surface area contributed by atoms with Crippen LogP contribution in [0.2, 0.25) is 0 Å². The highest BCUT2D eigenvalue weighted by atomic mass is 16.5. The molecule has 1 atom stereocenters. The predicted octanol–water partition coefficient (Wildman–Crippen LogP) is 5.64. The molecule has 1 saturated heterocycles. The van der Waals surface area contributed by atoms with Crippen LogP contribution in [-0.4, -0.2) is 42.8 Å². The van der Waals surface area contributed by atoms with Gasteiger partial charge in [-0.25, -0.2) is 0 Å². The molecule has 3 heterocycles. The fourth-order valence-corrected chi connectivity index (χ4v) is 5.94. The summed E-state index contributed by atoms with van der Waals surface area (Å²) in [7, 11) is 1.56. The number of rotatable bonds is 11. The normalized spacial score (nSPS) is 19.5. The van der Waals surface area contributed by atoms with Gasteiger partial charge in [-0.15, -0.1) is 0 Å². The van der Waals surface area contributed by atoms with Crippen LogP contribution in [0.5, 0.6) is 5.75 Å². The molecule has 2 aromatic carbocycles. The first-order valence-corrected chi connectivity index (χ1v) is 14.8. The third-order valence-electron chi connectivity index (χ3n) is 8.22. The quantitative estimate of drug-likeness (QED) is 0.175. The molecule has 3 aromatic rings. The Bertz CT molecular complexity index is 1550. The summed E-state index contributed by atoms with van der Waals surface area (Å²) >= 11 is 0. The van der Waals surface area contributed by atoms with Gasteiger partial charge in [0.2, 0.25) is 11.8 Å². The zero-order valence-corrected chi connectivity index (χ0v) is 24.4. The van der Waals surface area contributed by atoms with Gasteiger partial charge in [-0.3, -0.25) is 19.7 Å². The fourth-order valence-electron chi connectivity index (χ4n) is 5.94. The smallest absolute Gasteiger partial charge is 0.254 e. The first-order chi connectivity index (χ1) is 20.4. The van der Waals surface area contributed by atoms with Crippen LogP contribution in [0.4, 0.5) is 0 Å². The monoisotopic (exact) mass is 569 g/mol. The number of benzene rings is 2. The van der Waals surface area contributed by atoms with Gasteiger partial charge in [0.05, 0.1) is 7.11 Å². The minimum Gasteiger partial charge on any atom is -0.497 e. The molecule has 8 nitrogen and oxygen atoms in total. The van der Waals surface area contributed by atoms with Crippen molar-refractivity contribution in [1.82, 2.24) is 10.2 Å². The number of ether oxygens (including phenoxy) is 1. The first-order valence-electron chi connectivity index (χ1n) is 14.8. The minimum absolute atomic E-state index is 0.0984. The van der Waals surface area contributed by atoms with E-state index in [-0.39, 0.29) is 24.8 Å². The number of nitrogens with one attached hydrogen (secondary N) is 1. The van der Waals surface area contributed by atoms with Gasteiger partial charge in [0.25, 0.3) is 5.91 Å². The molecule has 5 rings (SSSR count). The zero-order chi connectivity index (χ0) is 29.7. The molecule has 2 aliphatic rings. The molecule has 0 saturated carbocycles. The van der Waals surface area contributed by atoms with Gasteiger partial charge in [-0.1, -0.05) is 37.3 Å². The van der Waals surface area contributed by atoms with E-state index in [1.165, 1.54) is 0 Å². The van der Waals surface area contributed by atoms with Crippen LogP contribution in [0, 0.1) is 0 Å². The van der Waals surface area contributed by atoms with E-state index < -0.39 is 11.3 Å². The maximum Gasteiger partial charge on any atom is 0.254 e. The number of nitrogens with zero attached hydrogens (tertiary/aromatic N) is 1. The molecule has 220 valence electrons. The van der Waals surface area contributed by atoms with Crippen molar-refractivity contribution in [2.45, 2.75) is 63.8 Å². The average molecular weight is 570 g/mol. The Morgan fingerprint density at radius 3 is 2.79 bits per heavy atom. The van der Waals surface area contributed by atoms with E-state index in [1.54, 1.807) is 18.1 Å². The fraction of sp³-hybridized carbons (Fsp3) is 0.382. The van der Waals surface area contributed by atoms with Gasteiger partial charge < -0.3 is 19.8 Å². The molecular weight excluding hydrogens is 530 g/mol. The number of imide groups is 1. The maximum absolute atomic E-state index is 13.8. The molecule has 3 N–H and O–H groups in total. The highest BCUT2D eigenvalue weighted by Gasteiger charge is 2.48. The largest absolute Gasteiger partial charge is 0.497 e. The lowest BCUT2D eigenvalue weighted by Gasteiger charge is -2.32. The molecule has 42 heavy (non-hydrogen) atoms. The lowest BCUT2D eigenvalue weighted by molar-refractivity contribution is -0.133. The minimum atomic E-state index is -1.21. The second-order valence-corrected chi connectivity index (χ2v) is 11.1. The van der Waals surface area contributed by atoms with Crippen molar-refractivity contribution in [1.29, 1.82) is 0 Å². The molecule has 0 radical (unpaired) electrons. The Hall–Kier alpha value is -4.17. The Kier molecular flexibility index (Phi) is 8.92. The Morgan fingerprint density at radius 1 is 1.14 bits per heavy atom. The molecular formula is C34H39N3O5. The summed E-state index contributed by atoms with van der Waals surface area (Å²) < 4.78 is 11.7. The van der Waals surface area contributed by atoms with Crippen molar-refractivity contribution in [3.63, 3.8) is 0 Å². The summed E-state index contributed by atoms with van der Waals surface area (Å²) in [5.74, 6) is 0.150. The third kappa shape index (κ3) is 5.90. The van der Waals surface area contributed by atoms with Crippen LogP contribution in [0.25, 0.3) is 16.5 Å². The summed E-state index contributed by atoms with van der Waals surface area (Å²) in [5.41, 5.74) is 8.69. The van der Waals surface area contributed by atoms with Crippen molar-refractivity contribution < 1.29 is 23.5 Å². The number of amides is 3. The highest BCUT2D eigenvalue weighted by molar-refractivity contribution is 6.03. The van der Waals surface area contributed by atoms with Crippen LogP contribution >= 0.6 is 0 Å². The van der Waals surface area contributed by atoms with Crippen molar-refractivity contribution >= 4 is 34.3 Å². The molecule has 1 unspecified atom stereocenters. The number of nitrogens with two attached hydrogens (primary N) is 1. The Morgan fingerprint density at radius 2 is 2.00 bits per heavy atom. The van der Waals surface area contributed by atoms with Crippen LogP contribution in [0.15, 0.2) is 65.1 Å². The number of carbonyl (C=O) groups is 3. The number of methoxy groups -OCH3 is 1. The number of fused-ring (bicyclic) bond motifs is 2. The standard InChI is InChI=1S/C34H39N3O5/c1-3-9-23(10-6-4-5-7-17-35)24-13-15-29-26(18-24)19-30(42-29)34(16-8-11-31(38)36-33(34)40)22-37-21-25-12-14-27(41-2)20-28(25)32(37)39/h6,9-10,12-15,18-20H,3-5,7-8,11,16-17,21-22,35H2,1-2H3,(H,36,38,40).